The highest BCUT2D eigenvalue weighted by Crippen LogP contribution is 2.17. The maximum Gasteiger partial charge on any atom is 0.326 e. The van der Waals surface area contributed by atoms with Crippen LogP contribution in [-0.4, -0.2) is 22.3 Å². The van der Waals surface area contributed by atoms with Gasteiger partial charge in [-0.2, -0.15) is 0 Å². The molecule has 1 fully saturated rings. The van der Waals surface area contributed by atoms with E-state index in [1.54, 1.807) is 10.6 Å². The summed E-state index contributed by atoms with van der Waals surface area (Å²) in [7, 11) is 0. The number of ether oxygens (including phenoxy) is 1. The van der Waals surface area contributed by atoms with Crippen molar-refractivity contribution in [3.05, 3.63) is 34.5 Å². The average molecular weight is 236 g/mol. The molecule has 1 aliphatic rings. The predicted molar refractivity (Wildman–Crippen MR) is 61.5 cm³/mol. The summed E-state index contributed by atoms with van der Waals surface area (Å²) < 4.78 is 20.1. The first-order chi connectivity index (χ1) is 8.24. The molecule has 0 bridgehead atoms. The molecule has 5 heteroatoms. The zero-order chi connectivity index (χ0) is 11.8. The molecule has 0 radical (unpaired) electrons. The highest BCUT2D eigenvalue weighted by atomic mass is 19.1. The van der Waals surface area contributed by atoms with Gasteiger partial charge in [-0.05, 0) is 31.0 Å². The lowest BCUT2D eigenvalue weighted by atomic mass is 10.2. The summed E-state index contributed by atoms with van der Waals surface area (Å²) in [4.78, 5) is 14.4. The maximum atomic E-state index is 13.0. The summed E-state index contributed by atoms with van der Waals surface area (Å²) in [5.41, 5.74) is 1.06. The van der Waals surface area contributed by atoms with E-state index in [1.165, 1.54) is 12.1 Å². The van der Waals surface area contributed by atoms with Crippen LogP contribution in [0.3, 0.4) is 0 Å². The highest BCUT2D eigenvalue weighted by Gasteiger charge is 2.18. The van der Waals surface area contributed by atoms with Crippen LogP contribution in [-0.2, 0) is 11.3 Å². The number of H-pyrrole nitrogens is 1. The molecule has 90 valence electrons. The van der Waals surface area contributed by atoms with Gasteiger partial charge in [0.2, 0.25) is 0 Å². The van der Waals surface area contributed by atoms with E-state index in [9.17, 15) is 9.18 Å². The van der Waals surface area contributed by atoms with Crippen molar-refractivity contribution in [2.75, 3.05) is 6.61 Å². The second-order valence-electron chi connectivity index (χ2n) is 4.34. The lowest BCUT2D eigenvalue weighted by molar-refractivity contribution is 0.0972. The zero-order valence-corrected chi connectivity index (χ0v) is 9.28. The number of rotatable bonds is 2. The molecular weight excluding hydrogens is 223 g/mol. The molecule has 1 aromatic carbocycles. The molecule has 3 rings (SSSR count). The van der Waals surface area contributed by atoms with Crippen LogP contribution in [0.2, 0.25) is 0 Å². The van der Waals surface area contributed by atoms with Crippen molar-refractivity contribution >= 4 is 11.0 Å². The number of nitrogens with zero attached hydrogens (tertiary/aromatic N) is 1. The van der Waals surface area contributed by atoms with Crippen LogP contribution in [0.15, 0.2) is 23.0 Å². The van der Waals surface area contributed by atoms with Gasteiger partial charge >= 0.3 is 5.69 Å². The van der Waals surface area contributed by atoms with Gasteiger partial charge in [0.05, 0.1) is 23.7 Å². The van der Waals surface area contributed by atoms with Crippen LogP contribution in [0.4, 0.5) is 4.39 Å². The third kappa shape index (κ3) is 1.86. The van der Waals surface area contributed by atoms with E-state index in [0.29, 0.717) is 12.1 Å². The Labute approximate surface area is 97.0 Å². The van der Waals surface area contributed by atoms with Crippen molar-refractivity contribution < 1.29 is 9.13 Å². The Kier molecular flexibility index (Phi) is 2.48. The third-order valence-corrected chi connectivity index (χ3v) is 3.15. The van der Waals surface area contributed by atoms with Crippen LogP contribution in [0.25, 0.3) is 11.0 Å². The van der Waals surface area contributed by atoms with E-state index in [-0.39, 0.29) is 17.6 Å². The monoisotopic (exact) mass is 236 g/mol. The van der Waals surface area contributed by atoms with E-state index in [0.717, 1.165) is 25.0 Å². The molecular formula is C12H13FN2O2. The Morgan fingerprint density at radius 1 is 1.53 bits per heavy atom. The summed E-state index contributed by atoms with van der Waals surface area (Å²) in [5.74, 6) is -0.344. The number of aromatic nitrogens is 2. The summed E-state index contributed by atoms with van der Waals surface area (Å²) in [6, 6.07) is 4.32. The fourth-order valence-corrected chi connectivity index (χ4v) is 2.31. The van der Waals surface area contributed by atoms with Crippen molar-refractivity contribution in [2.45, 2.75) is 25.5 Å². The van der Waals surface area contributed by atoms with E-state index >= 15 is 0 Å². The first kappa shape index (κ1) is 10.5. The van der Waals surface area contributed by atoms with Crippen LogP contribution >= 0.6 is 0 Å². The molecule has 2 aromatic rings. The van der Waals surface area contributed by atoms with E-state index < -0.39 is 0 Å². The molecule has 1 atom stereocenters. The van der Waals surface area contributed by atoms with Crippen LogP contribution in [0.1, 0.15) is 12.8 Å². The van der Waals surface area contributed by atoms with Crippen LogP contribution in [0.5, 0.6) is 0 Å². The molecule has 0 saturated carbocycles. The number of hydrogen-bond acceptors (Lipinski definition) is 2. The van der Waals surface area contributed by atoms with Gasteiger partial charge in [-0.3, -0.25) is 4.57 Å². The van der Waals surface area contributed by atoms with Crippen molar-refractivity contribution in [2.24, 2.45) is 0 Å². The molecule has 1 unspecified atom stereocenters. The standard InChI is InChI=1S/C12H13FN2O2/c13-8-3-4-11-10(6-8)14-12(16)15(11)7-9-2-1-5-17-9/h3-4,6,9H,1-2,5,7H2,(H,14,16). The molecule has 1 saturated heterocycles. The highest BCUT2D eigenvalue weighted by molar-refractivity contribution is 5.75. The Morgan fingerprint density at radius 2 is 2.41 bits per heavy atom. The lowest BCUT2D eigenvalue weighted by Crippen LogP contribution is -2.24. The molecule has 4 nitrogen and oxygen atoms in total. The molecule has 0 spiro atoms. The summed E-state index contributed by atoms with van der Waals surface area (Å²) >= 11 is 0. The zero-order valence-electron chi connectivity index (χ0n) is 9.28. The largest absolute Gasteiger partial charge is 0.376 e. The SMILES string of the molecule is O=c1[nH]c2cc(F)ccc2n1CC1CCCO1. The maximum absolute atomic E-state index is 13.0. The summed E-state index contributed by atoms with van der Waals surface area (Å²) in [5, 5.41) is 0. The average Bonchev–Trinajstić information content (AvgIpc) is 2.88. The molecule has 2 heterocycles. The Bertz CT molecular complexity index is 596. The minimum atomic E-state index is -0.344. The first-order valence-corrected chi connectivity index (χ1v) is 5.74. The number of imidazole rings is 1. The second-order valence-corrected chi connectivity index (χ2v) is 4.34. The van der Waals surface area contributed by atoms with E-state index in [2.05, 4.69) is 4.98 Å². The number of benzene rings is 1. The van der Waals surface area contributed by atoms with Gasteiger partial charge in [0, 0.05) is 6.61 Å². The molecule has 1 N–H and O–H groups in total. The van der Waals surface area contributed by atoms with Crippen molar-refractivity contribution in [1.82, 2.24) is 9.55 Å². The molecule has 0 aliphatic carbocycles. The van der Waals surface area contributed by atoms with Gasteiger partial charge < -0.3 is 9.72 Å². The quantitative estimate of drug-likeness (QED) is 0.861. The minimum absolute atomic E-state index is 0.0942. The minimum Gasteiger partial charge on any atom is -0.376 e. The Balaban J connectivity index is 2.02. The number of nitrogens with one attached hydrogen (secondary N) is 1. The van der Waals surface area contributed by atoms with Gasteiger partial charge in [0.1, 0.15) is 5.82 Å². The van der Waals surface area contributed by atoms with Crippen LogP contribution < -0.4 is 5.69 Å². The number of fused-ring (bicyclic) bond motifs is 1. The van der Waals surface area contributed by atoms with Gasteiger partial charge in [-0.1, -0.05) is 0 Å². The fraction of sp³-hybridized carbons (Fsp3) is 0.417. The van der Waals surface area contributed by atoms with Gasteiger partial charge in [0.15, 0.2) is 0 Å². The van der Waals surface area contributed by atoms with E-state index in [4.69, 9.17) is 4.74 Å². The van der Waals surface area contributed by atoms with Crippen molar-refractivity contribution in [3.63, 3.8) is 0 Å². The Morgan fingerprint density at radius 3 is 3.18 bits per heavy atom. The molecule has 1 aliphatic heterocycles. The fourth-order valence-electron chi connectivity index (χ4n) is 2.31. The third-order valence-electron chi connectivity index (χ3n) is 3.15. The normalized spacial score (nSPS) is 20.2. The summed E-state index contributed by atoms with van der Waals surface area (Å²) in [6.07, 6.45) is 2.10. The van der Waals surface area contributed by atoms with Gasteiger partial charge in [0.25, 0.3) is 0 Å². The lowest BCUT2D eigenvalue weighted by Gasteiger charge is -2.09. The van der Waals surface area contributed by atoms with Gasteiger partial charge in [-0.15, -0.1) is 0 Å². The van der Waals surface area contributed by atoms with Crippen LogP contribution in [0, 0.1) is 5.82 Å². The Hall–Kier alpha value is -1.62. The van der Waals surface area contributed by atoms with Crippen molar-refractivity contribution in [3.8, 4) is 0 Å². The number of halogens is 1. The molecule has 17 heavy (non-hydrogen) atoms. The van der Waals surface area contributed by atoms with E-state index in [1.807, 2.05) is 0 Å². The first-order valence-electron chi connectivity index (χ1n) is 5.74. The predicted octanol–water partition coefficient (Wildman–Crippen LogP) is 1.65. The van der Waals surface area contributed by atoms with Crippen molar-refractivity contribution in [1.29, 1.82) is 0 Å². The summed E-state index contributed by atoms with van der Waals surface area (Å²) in [6.45, 7) is 1.29. The number of hydrogen-bond donors (Lipinski definition) is 1. The topological polar surface area (TPSA) is 47.0 Å². The molecule has 0 amide bonds. The number of aromatic amines is 1. The van der Waals surface area contributed by atoms with Gasteiger partial charge in [-0.25, -0.2) is 9.18 Å². The smallest absolute Gasteiger partial charge is 0.326 e. The second kappa shape index (κ2) is 4.00. The molecule has 1 aromatic heterocycles.